The summed E-state index contributed by atoms with van der Waals surface area (Å²) in [6, 6.07) is 37.2. The van der Waals surface area contributed by atoms with Crippen LogP contribution in [0.4, 0.5) is 5.69 Å². The van der Waals surface area contributed by atoms with Crippen LogP contribution >= 0.6 is 0 Å². The zero-order valence-electron chi connectivity index (χ0n) is 27.1. The van der Waals surface area contributed by atoms with Crippen LogP contribution in [-0.4, -0.2) is 55.4 Å². The maximum atomic E-state index is 13.5. The van der Waals surface area contributed by atoms with Crippen LogP contribution in [0.5, 0.6) is 5.75 Å². The fourth-order valence-electron chi connectivity index (χ4n) is 5.87. The molecule has 244 valence electrons. The number of esters is 1. The second kappa shape index (κ2) is 15.4. The predicted molar refractivity (Wildman–Crippen MR) is 189 cm³/mol. The van der Waals surface area contributed by atoms with Crippen LogP contribution in [0.25, 0.3) is 10.8 Å². The highest BCUT2D eigenvalue weighted by molar-refractivity contribution is 6.12. The van der Waals surface area contributed by atoms with E-state index in [0.29, 0.717) is 48.7 Å². The average Bonchev–Trinajstić information content (AvgIpc) is 3.97. The molecule has 0 radical (unpaired) electrons. The van der Waals surface area contributed by atoms with Crippen molar-refractivity contribution in [2.24, 2.45) is 5.92 Å². The van der Waals surface area contributed by atoms with Crippen LogP contribution in [0.15, 0.2) is 121 Å². The Kier molecular flexibility index (Phi) is 10.5. The van der Waals surface area contributed by atoms with E-state index in [1.807, 2.05) is 89.8 Å². The number of methoxy groups -OCH3 is 1. The number of amides is 1. The van der Waals surface area contributed by atoms with Gasteiger partial charge in [-0.3, -0.25) is 9.59 Å². The number of carbonyl (C=O) groups is 3. The number of anilines is 1. The Hall–Kier alpha value is -5.43. The van der Waals surface area contributed by atoms with Gasteiger partial charge in [-0.2, -0.15) is 0 Å². The van der Waals surface area contributed by atoms with Crippen molar-refractivity contribution in [3.05, 3.63) is 144 Å². The Morgan fingerprint density at radius 2 is 1.50 bits per heavy atom. The molecular formula is C41H40N2O5. The van der Waals surface area contributed by atoms with Gasteiger partial charge in [0.15, 0.2) is 5.78 Å². The zero-order chi connectivity index (χ0) is 33.3. The van der Waals surface area contributed by atoms with Gasteiger partial charge in [0, 0.05) is 41.9 Å². The van der Waals surface area contributed by atoms with E-state index in [1.165, 1.54) is 20.0 Å². The summed E-state index contributed by atoms with van der Waals surface area (Å²) in [7, 11) is 1.36. The molecule has 6 rings (SSSR count). The molecule has 48 heavy (non-hydrogen) atoms. The van der Waals surface area contributed by atoms with Gasteiger partial charge < -0.3 is 19.7 Å². The molecule has 1 saturated carbocycles. The number of fused-ring (bicyclic) bond motifs is 1. The van der Waals surface area contributed by atoms with Gasteiger partial charge in [-0.05, 0) is 77.9 Å². The topological polar surface area (TPSA) is 84.9 Å². The van der Waals surface area contributed by atoms with Gasteiger partial charge in [0.1, 0.15) is 11.8 Å². The minimum Gasteiger partial charge on any atom is -0.494 e. The molecule has 5 aromatic carbocycles. The van der Waals surface area contributed by atoms with Crippen molar-refractivity contribution in [2.45, 2.75) is 31.7 Å². The third-order valence-corrected chi connectivity index (χ3v) is 8.69. The normalized spacial score (nSPS) is 13.0. The Bertz CT molecular complexity index is 1870. The molecule has 0 bridgehead atoms. The molecule has 0 saturated heterocycles. The second-order valence-electron chi connectivity index (χ2n) is 12.3. The zero-order valence-corrected chi connectivity index (χ0v) is 27.1. The predicted octanol–water partition coefficient (Wildman–Crippen LogP) is 7.59. The van der Waals surface area contributed by atoms with Gasteiger partial charge in [0.05, 0.1) is 13.7 Å². The first-order valence-corrected chi connectivity index (χ1v) is 16.5. The number of nitrogens with zero attached hydrogens (tertiary/aromatic N) is 1. The molecule has 1 fully saturated rings. The molecule has 0 heterocycles. The number of hydrogen-bond donors (Lipinski definition) is 1. The van der Waals surface area contributed by atoms with E-state index >= 15 is 0 Å². The third-order valence-electron chi connectivity index (χ3n) is 8.69. The lowest BCUT2D eigenvalue weighted by molar-refractivity contribution is -0.141. The van der Waals surface area contributed by atoms with Crippen molar-refractivity contribution >= 4 is 34.1 Å². The molecule has 0 spiro atoms. The maximum absolute atomic E-state index is 13.5. The Morgan fingerprint density at radius 3 is 2.25 bits per heavy atom. The Morgan fingerprint density at radius 1 is 0.792 bits per heavy atom. The van der Waals surface area contributed by atoms with Crippen molar-refractivity contribution in [1.29, 1.82) is 0 Å². The Balaban J connectivity index is 1.04. The SMILES string of the molecule is COC(=O)C(Cc1ccc(OCCCN(CC2CC2)C(=O)c2ccc3ccccc3c2)cc1)Nc1ccccc1C(=O)c1ccccc1. The van der Waals surface area contributed by atoms with Gasteiger partial charge in [-0.1, -0.05) is 84.9 Å². The summed E-state index contributed by atoms with van der Waals surface area (Å²) in [6.45, 7) is 1.88. The fraction of sp³-hybridized carbons (Fsp3) is 0.244. The number of para-hydroxylation sites is 1. The van der Waals surface area contributed by atoms with Crippen molar-refractivity contribution in [3.63, 3.8) is 0 Å². The molecule has 0 aliphatic heterocycles. The van der Waals surface area contributed by atoms with E-state index in [0.717, 1.165) is 34.2 Å². The highest BCUT2D eigenvalue weighted by atomic mass is 16.5. The number of nitrogens with one attached hydrogen (secondary N) is 1. The average molecular weight is 641 g/mol. The van der Waals surface area contributed by atoms with Crippen molar-refractivity contribution in [1.82, 2.24) is 4.90 Å². The highest BCUT2D eigenvalue weighted by Gasteiger charge is 2.27. The van der Waals surface area contributed by atoms with Crippen LogP contribution in [0.3, 0.4) is 0 Å². The standard InChI is InChI=1S/C41H40N2O5/c1-47-41(46)38(42-37-15-8-7-14-36(37)39(44)32-11-3-2-4-12-32)26-29-18-22-35(23-19-29)48-25-9-24-43(28-30-16-17-30)40(45)34-21-20-31-10-5-6-13-33(31)27-34/h2-8,10-15,18-23,27,30,38,42H,9,16-17,24-26,28H2,1H3. The van der Waals surface area contributed by atoms with E-state index in [-0.39, 0.29) is 11.7 Å². The molecule has 1 aliphatic rings. The minimum absolute atomic E-state index is 0.0674. The number of ketones is 1. The second-order valence-corrected chi connectivity index (χ2v) is 12.3. The fourth-order valence-corrected chi connectivity index (χ4v) is 5.87. The van der Waals surface area contributed by atoms with E-state index in [1.54, 1.807) is 30.3 Å². The van der Waals surface area contributed by atoms with Crippen LogP contribution in [0.1, 0.15) is 51.1 Å². The summed E-state index contributed by atoms with van der Waals surface area (Å²) < 4.78 is 11.1. The van der Waals surface area contributed by atoms with Crippen LogP contribution in [0.2, 0.25) is 0 Å². The monoisotopic (exact) mass is 640 g/mol. The first kappa shape index (κ1) is 32.5. The molecule has 0 aromatic heterocycles. The largest absolute Gasteiger partial charge is 0.494 e. The molecule has 7 nitrogen and oxygen atoms in total. The molecule has 1 aliphatic carbocycles. The molecule has 1 amide bonds. The smallest absolute Gasteiger partial charge is 0.328 e. The number of rotatable bonds is 15. The lowest BCUT2D eigenvalue weighted by atomic mass is 10.00. The minimum atomic E-state index is -0.705. The van der Waals surface area contributed by atoms with Gasteiger partial charge in [0.25, 0.3) is 5.91 Å². The van der Waals surface area contributed by atoms with Gasteiger partial charge in [-0.15, -0.1) is 0 Å². The molecule has 7 heteroatoms. The van der Waals surface area contributed by atoms with E-state index in [9.17, 15) is 14.4 Å². The molecule has 1 N–H and O–H groups in total. The van der Waals surface area contributed by atoms with Gasteiger partial charge in [0.2, 0.25) is 0 Å². The summed E-state index contributed by atoms with van der Waals surface area (Å²) in [5.41, 5.74) is 3.25. The first-order chi connectivity index (χ1) is 23.5. The van der Waals surface area contributed by atoms with E-state index in [2.05, 4.69) is 11.4 Å². The first-order valence-electron chi connectivity index (χ1n) is 16.5. The lowest BCUT2D eigenvalue weighted by Crippen LogP contribution is -2.34. The Labute approximate surface area is 281 Å². The van der Waals surface area contributed by atoms with Crippen LogP contribution < -0.4 is 10.1 Å². The van der Waals surface area contributed by atoms with Gasteiger partial charge >= 0.3 is 5.97 Å². The van der Waals surface area contributed by atoms with Crippen molar-refractivity contribution in [3.8, 4) is 5.75 Å². The number of hydrogen-bond acceptors (Lipinski definition) is 6. The summed E-state index contributed by atoms with van der Waals surface area (Å²) in [6.07, 6.45) is 3.42. The number of ether oxygens (including phenoxy) is 2. The van der Waals surface area contributed by atoms with Crippen LogP contribution in [-0.2, 0) is 16.0 Å². The maximum Gasteiger partial charge on any atom is 0.328 e. The summed E-state index contributed by atoms with van der Waals surface area (Å²) in [5.74, 6) is 0.820. The quantitative estimate of drug-likeness (QED) is 0.0721. The number of carbonyl (C=O) groups excluding carboxylic acids is 3. The highest BCUT2D eigenvalue weighted by Crippen LogP contribution is 2.30. The molecule has 1 unspecified atom stereocenters. The van der Waals surface area contributed by atoms with Crippen molar-refractivity contribution in [2.75, 3.05) is 32.1 Å². The van der Waals surface area contributed by atoms with Crippen LogP contribution in [0, 0.1) is 5.92 Å². The summed E-state index contributed by atoms with van der Waals surface area (Å²) in [5, 5.41) is 5.45. The summed E-state index contributed by atoms with van der Waals surface area (Å²) in [4.78, 5) is 41.5. The lowest BCUT2D eigenvalue weighted by Gasteiger charge is -2.23. The summed E-state index contributed by atoms with van der Waals surface area (Å²) >= 11 is 0. The van der Waals surface area contributed by atoms with Gasteiger partial charge in [-0.25, -0.2) is 4.79 Å². The van der Waals surface area contributed by atoms with Crippen molar-refractivity contribution < 1.29 is 23.9 Å². The molecule has 5 aromatic rings. The number of benzene rings is 5. The molecule has 1 atom stereocenters. The van der Waals surface area contributed by atoms with E-state index in [4.69, 9.17) is 9.47 Å². The third kappa shape index (κ3) is 8.28. The van der Waals surface area contributed by atoms with E-state index < -0.39 is 12.0 Å². The molecular weight excluding hydrogens is 600 g/mol.